The minimum absolute atomic E-state index is 0.0431. The zero-order valence-corrected chi connectivity index (χ0v) is 14.0. The lowest BCUT2D eigenvalue weighted by molar-refractivity contribution is -0.130. The molecule has 1 unspecified atom stereocenters. The molecule has 0 spiro atoms. The summed E-state index contributed by atoms with van der Waals surface area (Å²) in [6, 6.07) is 11.9. The van der Waals surface area contributed by atoms with E-state index in [1.165, 1.54) is 0 Å². The van der Waals surface area contributed by atoms with Crippen LogP contribution in [0.4, 0.5) is 0 Å². The lowest BCUT2D eigenvalue weighted by Crippen LogP contribution is -2.30. The van der Waals surface area contributed by atoms with Gasteiger partial charge in [-0.15, -0.1) is 0 Å². The highest BCUT2D eigenvalue weighted by Crippen LogP contribution is 2.20. The summed E-state index contributed by atoms with van der Waals surface area (Å²) in [6.07, 6.45) is 2.40. The van der Waals surface area contributed by atoms with Crippen LogP contribution in [0.15, 0.2) is 36.4 Å². The number of carbonyl (C=O) groups excluding carboxylic acids is 1. The first-order valence-electron chi connectivity index (χ1n) is 7.62. The molecule has 116 valence electrons. The van der Waals surface area contributed by atoms with Gasteiger partial charge in [0, 0.05) is 36.2 Å². The van der Waals surface area contributed by atoms with Gasteiger partial charge in [-0.3, -0.25) is 4.79 Å². The lowest BCUT2D eigenvalue weighted by Gasteiger charge is -2.17. The number of para-hydroxylation sites is 1. The first kappa shape index (κ1) is 15.3. The maximum Gasteiger partial charge on any atom is 0.222 e. The van der Waals surface area contributed by atoms with E-state index in [-0.39, 0.29) is 12.0 Å². The number of hydrogen-bond acceptors (Lipinski definition) is 3. The van der Waals surface area contributed by atoms with Crippen molar-refractivity contribution in [1.82, 2.24) is 9.88 Å². The van der Waals surface area contributed by atoms with Crippen LogP contribution in [0.5, 0.6) is 5.88 Å². The first-order chi connectivity index (χ1) is 10.8. The van der Waals surface area contributed by atoms with Gasteiger partial charge >= 0.3 is 0 Å². The maximum atomic E-state index is 12.0. The molecule has 1 aromatic heterocycles. The number of amides is 1. The second-order valence-electron chi connectivity index (χ2n) is 5.50. The largest absolute Gasteiger partial charge is 0.472 e. The van der Waals surface area contributed by atoms with E-state index in [2.05, 4.69) is 20.9 Å². The summed E-state index contributed by atoms with van der Waals surface area (Å²) in [4.78, 5) is 18.4. The van der Waals surface area contributed by atoms with E-state index < -0.39 is 0 Å². The minimum atomic E-state index is 0.0431. The number of carbonyl (C=O) groups is 1. The lowest BCUT2D eigenvalue weighted by atomic mass is 10.2. The van der Waals surface area contributed by atoms with Gasteiger partial charge < -0.3 is 9.64 Å². The standard InChI is InChI=1S/C17H19BrN2O2/c18-10-3-6-17(21)20-11-9-14(12-20)22-16-8-7-13-4-1-2-5-15(13)19-16/h1-2,4-5,7-8,14H,3,6,9-12H2. The Balaban J connectivity index is 1.60. The van der Waals surface area contributed by atoms with Crippen LogP contribution in [0, 0.1) is 0 Å². The van der Waals surface area contributed by atoms with Gasteiger partial charge in [0.15, 0.2) is 0 Å². The zero-order valence-electron chi connectivity index (χ0n) is 12.4. The van der Waals surface area contributed by atoms with E-state index in [1.54, 1.807) is 0 Å². The molecule has 1 atom stereocenters. The predicted octanol–water partition coefficient (Wildman–Crippen LogP) is 3.39. The molecule has 3 rings (SSSR count). The molecule has 1 aliphatic rings. The molecule has 5 heteroatoms. The fraction of sp³-hybridized carbons (Fsp3) is 0.412. The van der Waals surface area contributed by atoms with Gasteiger partial charge in [-0.05, 0) is 18.6 Å². The van der Waals surface area contributed by atoms with Crippen LogP contribution in [0.25, 0.3) is 10.9 Å². The number of benzene rings is 1. The predicted molar refractivity (Wildman–Crippen MR) is 90.4 cm³/mol. The molecule has 0 radical (unpaired) electrons. The molecule has 0 saturated carbocycles. The van der Waals surface area contributed by atoms with Crippen molar-refractivity contribution in [3.05, 3.63) is 36.4 Å². The number of fused-ring (bicyclic) bond motifs is 1. The smallest absolute Gasteiger partial charge is 0.222 e. The quantitative estimate of drug-likeness (QED) is 0.765. The van der Waals surface area contributed by atoms with E-state index in [0.29, 0.717) is 18.8 Å². The molecular formula is C17H19BrN2O2. The Labute approximate surface area is 138 Å². The number of hydrogen-bond donors (Lipinski definition) is 0. The van der Waals surface area contributed by atoms with Crippen LogP contribution in [0.3, 0.4) is 0 Å². The van der Waals surface area contributed by atoms with Crippen molar-refractivity contribution in [3.8, 4) is 5.88 Å². The molecule has 0 aliphatic carbocycles. The maximum absolute atomic E-state index is 12.0. The number of aromatic nitrogens is 1. The van der Waals surface area contributed by atoms with E-state index in [4.69, 9.17) is 4.74 Å². The van der Waals surface area contributed by atoms with Crippen molar-refractivity contribution >= 4 is 32.7 Å². The van der Waals surface area contributed by atoms with Crippen molar-refractivity contribution in [3.63, 3.8) is 0 Å². The minimum Gasteiger partial charge on any atom is -0.472 e. The van der Waals surface area contributed by atoms with E-state index in [0.717, 1.165) is 35.6 Å². The monoisotopic (exact) mass is 362 g/mol. The SMILES string of the molecule is O=C(CCCBr)N1CCC(Oc2ccc3ccccc3n2)C1. The molecule has 1 fully saturated rings. The molecule has 0 N–H and O–H groups in total. The second kappa shape index (κ2) is 7.09. The highest BCUT2D eigenvalue weighted by Gasteiger charge is 2.27. The highest BCUT2D eigenvalue weighted by atomic mass is 79.9. The van der Waals surface area contributed by atoms with Gasteiger partial charge in [0.25, 0.3) is 0 Å². The average molecular weight is 363 g/mol. The summed E-state index contributed by atoms with van der Waals surface area (Å²) in [5.41, 5.74) is 0.934. The summed E-state index contributed by atoms with van der Waals surface area (Å²) in [6.45, 7) is 1.44. The molecule has 1 amide bonds. The summed E-state index contributed by atoms with van der Waals surface area (Å²) in [7, 11) is 0. The fourth-order valence-electron chi connectivity index (χ4n) is 2.71. The van der Waals surface area contributed by atoms with Gasteiger partial charge in [0.05, 0.1) is 12.1 Å². The Bertz CT molecular complexity index is 662. The Morgan fingerprint density at radius 3 is 3.05 bits per heavy atom. The number of pyridine rings is 1. The number of ether oxygens (including phenoxy) is 1. The molecule has 1 aliphatic heterocycles. The van der Waals surface area contributed by atoms with E-state index >= 15 is 0 Å². The van der Waals surface area contributed by atoms with Crippen molar-refractivity contribution in [2.75, 3.05) is 18.4 Å². The molecular weight excluding hydrogens is 344 g/mol. The second-order valence-corrected chi connectivity index (χ2v) is 6.30. The Hall–Kier alpha value is -1.62. The molecule has 2 aromatic rings. The normalized spacial score (nSPS) is 17.9. The molecule has 2 heterocycles. The van der Waals surface area contributed by atoms with Gasteiger partial charge in [0.1, 0.15) is 6.10 Å². The Morgan fingerprint density at radius 1 is 1.32 bits per heavy atom. The topological polar surface area (TPSA) is 42.4 Å². The van der Waals surface area contributed by atoms with Crippen LogP contribution in [0.2, 0.25) is 0 Å². The van der Waals surface area contributed by atoms with Crippen molar-refractivity contribution in [2.24, 2.45) is 0 Å². The molecule has 4 nitrogen and oxygen atoms in total. The molecule has 22 heavy (non-hydrogen) atoms. The summed E-state index contributed by atoms with van der Waals surface area (Å²) in [5, 5.41) is 1.97. The van der Waals surface area contributed by atoms with Crippen LogP contribution in [0.1, 0.15) is 19.3 Å². The third-order valence-corrected chi connectivity index (χ3v) is 4.44. The van der Waals surface area contributed by atoms with E-state index in [1.807, 2.05) is 41.3 Å². The zero-order chi connectivity index (χ0) is 15.4. The number of rotatable bonds is 5. The van der Waals surface area contributed by atoms with Gasteiger partial charge in [-0.1, -0.05) is 34.1 Å². The molecule has 1 aromatic carbocycles. The van der Waals surface area contributed by atoms with Crippen molar-refractivity contribution in [1.29, 1.82) is 0 Å². The highest BCUT2D eigenvalue weighted by molar-refractivity contribution is 9.09. The number of nitrogens with zero attached hydrogens (tertiary/aromatic N) is 2. The van der Waals surface area contributed by atoms with Crippen LogP contribution in [-0.2, 0) is 4.79 Å². The first-order valence-corrected chi connectivity index (χ1v) is 8.74. The number of alkyl halides is 1. The van der Waals surface area contributed by atoms with Gasteiger partial charge in [0.2, 0.25) is 11.8 Å². The van der Waals surface area contributed by atoms with Crippen LogP contribution in [-0.4, -0.2) is 40.3 Å². The number of likely N-dealkylation sites (tertiary alicyclic amines) is 1. The Kier molecular flexibility index (Phi) is 4.93. The van der Waals surface area contributed by atoms with Gasteiger partial charge in [-0.25, -0.2) is 4.98 Å². The third-order valence-electron chi connectivity index (χ3n) is 3.88. The van der Waals surface area contributed by atoms with Crippen LogP contribution >= 0.6 is 15.9 Å². The average Bonchev–Trinajstić information content (AvgIpc) is 3.01. The summed E-state index contributed by atoms with van der Waals surface area (Å²) >= 11 is 3.36. The van der Waals surface area contributed by atoms with E-state index in [9.17, 15) is 4.79 Å². The Morgan fingerprint density at radius 2 is 2.18 bits per heavy atom. The summed E-state index contributed by atoms with van der Waals surface area (Å²) in [5.74, 6) is 0.857. The molecule has 1 saturated heterocycles. The van der Waals surface area contributed by atoms with Gasteiger partial charge in [-0.2, -0.15) is 0 Å². The summed E-state index contributed by atoms with van der Waals surface area (Å²) < 4.78 is 5.95. The van der Waals surface area contributed by atoms with Crippen LogP contribution < -0.4 is 4.74 Å². The number of halogens is 1. The van der Waals surface area contributed by atoms with Crippen molar-refractivity contribution < 1.29 is 9.53 Å². The van der Waals surface area contributed by atoms with Crippen molar-refractivity contribution in [2.45, 2.75) is 25.4 Å². The molecule has 0 bridgehead atoms. The fourth-order valence-corrected chi connectivity index (χ4v) is 2.99. The third kappa shape index (κ3) is 3.58.